The van der Waals surface area contributed by atoms with Crippen LogP contribution in [0.3, 0.4) is 0 Å². The highest BCUT2D eigenvalue weighted by atomic mass is 32.2. The minimum Gasteiger partial charge on any atom is -0.496 e. The van der Waals surface area contributed by atoms with Gasteiger partial charge in [-0.25, -0.2) is 8.42 Å². The normalized spacial score (nSPS) is 21.4. The number of methoxy groups -OCH3 is 2. The molecule has 9 heteroatoms. The van der Waals surface area contributed by atoms with E-state index in [1.165, 1.54) is 7.11 Å². The Morgan fingerprint density at radius 1 is 1.11 bits per heavy atom. The molecule has 2 fully saturated rings. The van der Waals surface area contributed by atoms with Crippen molar-refractivity contribution in [1.82, 2.24) is 14.9 Å². The zero-order chi connectivity index (χ0) is 24.9. The fraction of sp³-hybridized carbons (Fsp3) is 0.500. The standard InChI is InChI=1S/C26H35N3O5S/c1-33-19-21-11-8-18-29(21)35(31,32)25(28-24(30)22-12-6-7-13-23(22)34-2)26(14-16-27-17-15-26)20-9-4-3-5-10-20/h3-7,9-10,12-13,21,25,27H,8,11,14-19H2,1-2H3,(H,28,30). The molecule has 0 saturated carbocycles. The Balaban J connectivity index is 1.82. The average molecular weight is 502 g/mol. The lowest BCUT2D eigenvalue weighted by molar-refractivity contribution is 0.0918. The van der Waals surface area contributed by atoms with Crippen molar-refractivity contribution in [2.24, 2.45) is 0 Å². The van der Waals surface area contributed by atoms with Gasteiger partial charge in [-0.3, -0.25) is 4.79 Å². The Bertz CT molecular complexity index is 1100. The minimum atomic E-state index is -3.95. The van der Waals surface area contributed by atoms with Crippen LogP contribution in [0.25, 0.3) is 0 Å². The lowest BCUT2D eigenvalue weighted by Crippen LogP contribution is -2.62. The number of carbonyl (C=O) groups excluding carboxylic acids is 1. The minimum absolute atomic E-state index is 0.245. The molecule has 2 atom stereocenters. The van der Waals surface area contributed by atoms with Crippen LogP contribution in [0.2, 0.25) is 0 Å². The number of rotatable bonds is 9. The molecule has 0 radical (unpaired) electrons. The maximum atomic E-state index is 14.4. The van der Waals surface area contributed by atoms with Crippen LogP contribution in [0.1, 0.15) is 41.6 Å². The summed E-state index contributed by atoms with van der Waals surface area (Å²) in [5.74, 6) is -0.0639. The summed E-state index contributed by atoms with van der Waals surface area (Å²) in [6.45, 7) is 2.06. The second-order valence-corrected chi connectivity index (χ2v) is 11.2. The molecule has 0 aliphatic carbocycles. The number of carbonyl (C=O) groups is 1. The Morgan fingerprint density at radius 2 is 1.80 bits per heavy atom. The lowest BCUT2D eigenvalue weighted by Gasteiger charge is -2.45. The molecule has 2 aromatic carbocycles. The molecule has 8 nitrogen and oxygen atoms in total. The van der Waals surface area contributed by atoms with E-state index in [1.807, 2.05) is 30.3 Å². The van der Waals surface area contributed by atoms with Crippen molar-refractivity contribution in [3.05, 3.63) is 65.7 Å². The number of sulfonamides is 1. The predicted molar refractivity (Wildman–Crippen MR) is 135 cm³/mol. The van der Waals surface area contributed by atoms with Crippen LogP contribution >= 0.6 is 0 Å². The van der Waals surface area contributed by atoms with Crippen molar-refractivity contribution in [3.63, 3.8) is 0 Å². The molecule has 2 saturated heterocycles. The van der Waals surface area contributed by atoms with Crippen LogP contribution in [0.15, 0.2) is 54.6 Å². The maximum absolute atomic E-state index is 14.4. The first-order chi connectivity index (χ1) is 16.9. The van der Waals surface area contributed by atoms with E-state index in [4.69, 9.17) is 9.47 Å². The largest absolute Gasteiger partial charge is 0.496 e. The highest BCUT2D eigenvalue weighted by Crippen LogP contribution is 2.41. The number of amides is 1. The van der Waals surface area contributed by atoms with E-state index in [9.17, 15) is 13.2 Å². The van der Waals surface area contributed by atoms with Gasteiger partial charge in [0.15, 0.2) is 5.37 Å². The topological polar surface area (TPSA) is 97.0 Å². The fourth-order valence-electron chi connectivity index (χ4n) is 5.51. The number of hydrogen-bond donors (Lipinski definition) is 2. The van der Waals surface area contributed by atoms with E-state index >= 15 is 0 Å². The highest BCUT2D eigenvalue weighted by molar-refractivity contribution is 7.89. The van der Waals surface area contributed by atoms with E-state index < -0.39 is 26.7 Å². The fourth-order valence-corrected chi connectivity index (χ4v) is 7.94. The van der Waals surface area contributed by atoms with E-state index in [-0.39, 0.29) is 6.04 Å². The van der Waals surface area contributed by atoms with Crippen LogP contribution in [0.4, 0.5) is 0 Å². The highest BCUT2D eigenvalue weighted by Gasteiger charge is 2.52. The zero-order valence-corrected chi connectivity index (χ0v) is 21.2. The second kappa shape index (κ2) is 11.1. The number of ether oxygens (including phenoxy) is 2. The number of piperidine rings is 1. The molecule has 0 bridgehead atoms. The molecule has 4 rings (SSSR count). The van der Waals surface area contributed by atoms with Crippen LogP contribution in [0.5, 0.6) is 5.75 Å². The monoisotopic (exact) mass is 501 g/mol. The molecule has 2 aromatic rings. The van der Waals surface area contributed by atoms with Crippen molar-refractivity contribution in [3.8, 4) is 5.75 Å². The van der Waals surface area contributed by atoms with Gasteiger partial charge in [0.05, 0.1) is 19.3 Å². The van der Waals surface area contributed by atoms with Crippen LogP contribution < -0.4 is 15.4 Å². The van der Waals surface area contributed by atoms with Gasteiger partial charge in [-0.1, -0.05) is 42.5 Å². The van der Waals surface area contributed by atoms with Crippen molar-refractivity contribution in [2.45, 2.75) is 42.5 Å². The number of nitrogens with one attached hydrogen (secondary N) is 2. The van der Waals surface area contributed by atoms with Gasteiger partial charge < -0.3 is 20.1 Å². The number of hydrogen-bond acceptors (Lipinski definition) is 6. The Morgan fingerprint density at radius 3 is 2.49 bits per heavy atom. The first-order valence-corrected chi connectivity index (χ1v) is 13.6. The summed E-state index contributed by atoms with van der Waals surface area (Å²) < 4.78 is 41.1. The van der Waals surface area contributed by atoms with Gasteiger partial charge in [-0.2, -0.15) is 4.31 Å². The number of benzene rings is 2. The maximum Gasteiger partial charge on any atom is 0.256 e. The molecule has 2 unspecified atom stereocenters. The van der Waals surface area contributed by atoms with Gasteiger partial charge >= 0.3 is 0 Å². The van der Waals surface area contributed by atoms with E-state index in [2.05, 4.69) is 10.6 Å². The summed E-state index contributed by atoms with van der Waals surface area (Å²) in [5, 5.41) is 5.19. The molecular weight excluding hydrogens is 466 g/mol. The predicted octanol–water partition coefficient (Wildman–Crippen LogP) is 2.51. The van der Waals surface area contributed by atoms with Gasteiger partial charge in [0.2, 0.25) is 10.0 Å². The third-order valence-corrected chi connectivity index (χ3v) is 9.57. The smallest absolute Gasteiger partial charge is 0.256 e. The average Bonchev–Trinajstić information content (AvgIpc) is 3.37. The first-order valence-electron chi connectivity index (χ1n) is 12.1. The molecule has 1 amide bonds. The van der Waals surface area contributed by atoms with E-state index in [1.54, 1.807) is 35.7 Å². The van der Waals surface area contributed by atoms with Crippen LogP contribution in [-0.2, 0) is 20.2 Å². The molecule has 2 heterocycles. The summed E-state index contributed by atoms with van der Waals surface area (Å²) in [6.07, 6.45) is 2.66. The summed E-state index contributed by atoms with van der Waals surface area (Å²) in [6, 6.07) is 16.3. The van der Waals surface area contributed by atoms with Crippen LogP contribution in [-0.4, -0.2) is 70.5 Å². The van der Waals surface area contributed by atoms with Gasteiger partial charge in [-0.15, -0.1) is 0 Å². The Kier molecular flexibility index (Phi) is 8.11. The summed E-state index contributed by atoms with van der Waals surface area (Å²) in [4.78, 5) is 13.6. The third kappa shape index (κ3) is 5.09. The second-order valence-electron chi connectivity index (χ2n) is 9.23. The number of nitrogens with zero attached hydrogens (tertiary/aromatic N) is 1. The van der Waals surface area contributed by atoms with Crippen LogP contribution in [0, 0.1) is 0 Å². The molecule has 2 aliphatic rings. The Hall–Kier alpha value is -2.46. The quantitative estimate of drug-likeness (QED) is 0.548. The van der Waals surface area contributed by atoms with Gasteiger partial charge in [-0.05, 0) is 56.5 Å². The molecule has 35 heavy (non-hydrogen) atoms. The molecular formula is C26H35N3O5S. The number of para-hydroxylation sites is 1. The van der Waals surface area contributed by atoms with Gasteiger partial charge in [0, 0.05) is 25.1 Å². The lowest BCUT2D eigenvalue weighted by atomic mass is 9.72. The Labute approximate surface area is 208 Å². The molecule has 2 aliphatic heterocycles. The van der Waals surface area contributed by atoms with Crippen molar-refractivity contribution in [1.29, 1.82) is 0 Å². The van der Waals surface area contributed by atoms with Crippen molar-refractivity contribution in [2.75, 3.05) is 40.5 Å². The summed E-state index contributed by atoms with van der Waals surface area (Å²) in [7, 11) is -0.864. The summed E-state index contributed by atoms with van der Waals surface area (Å²) in [5.41, 5.74) is 0.434. The van der Waals surface area contributed by atoms with Gasteiger partial charge in [0.1, 0.15) is 5.75 Å². The van der Waals surface area contributed by atoms with Crippen molar-refractivity contribution >= 4 is 15.9 Å². The third-order valence-electron chi connectivity index (χ3n) is 7.27. The molecule has 0 spiro atoms. The summed E-state index contributed by atoms with van der Waals surface area (Å²) >= 11 is 0. The van der Waals surface area contributed by atoms with E-state index in [0.29, 0.717) is 50.4 Å². The molecule has 0 aromatic heterocycles. The zero-order valence-electron chi connectivity index (χ0n) is 20.4. The van der Waals surface area contributed by atoms with E-state index in [0.717, 1.165) is 18.4 Å². The van der Waals surface area contributed by atoms with Gasteiger partial charge in [0.25, 0.3) is 5.91 Å². The SMILES string of the molecule is COCC1CCCN1S(=O)(=O)C(NC(=O)c1ccccc1OC)C1(c2ccccc2)CCNCC1. The molecule has 2 N–H and O–H groups in total. The van der Waals surface area contributed by atoms with Crippen molar-refractivity contribution < 1.29 is 22.7 Å². The molecule has 190 valence electrons. The first kappa shape index (κ1) is 25.6.